The Morgan fingerprint density at radius 1 is 0.614 bits per heavy atom. The Morgan fingerprint density at radius 2 is 1.20 bits per heavy atom. The summed E-state index contributed by atoms with van der Waals surface area (Å²) in [4.78, 5) is 9.34. The molecule has 5 aromatic carbocycles. The van der Waals surface area contributed by atoms with Gasteiger partial charge in [-0.2, -0.15) is 5.11 Å². The number of rotatable bonds is 12. The van der Waals surface area contributed by atoms with Crippen LogP contribution in [0, 0.1) is 11.8 Å². The zero-order valence-corrected chi connectivity index (χ0v) is 25.0. The van der Waals surface area contributed by atoms with Gasteiger partial charge in [0.15, 0.2) is 0 Å². The van der Waals surface area contributed by atoms with Gasteiger partial charge in [-0.15, -0.1) is 11.0 Å². The van der Waals surface area contributed by atoms with Crippen LogP contribution in [0.1, 0.15) is 37.8 Å². The molecule has 0 aliphatic rings. The standard InChI is InChI=1S/C38H34N4O2/c1-3-5-25-43-33-19-11-29(12-20-33)27-39-31-15-17-32(18-16-31)41-42-38-24-23-37(35-9-7-8-10-36(35)38)40-28-30-13-21-34(22-14-30)44-26-6-4-2/h7-24,27-28H,4,6,25-26H2,1-2H3. The SMILES string of the molecule is CC#CCOc1ccc(C=Nc2ccc(N=Nc3ccc(N=Cc4ccc(OCCCC)cc4)c4ccccc34)cc2)cc1. The Hall–Kier alpha value is -5.54. The molecule has 0 aromatic heterocycles. The molecule has 6 heteroatoms. The van der Waals surface area contributed by atoms with Crippen molar-refractivity contribution in [2.75, 3.05) is 13.2 Å². The molecule has 218 valence electrons. The van der Waals surface area contributed by atoms with E-state index in [2.05, 4.69) is 40.1 Å². The molecule has 0 saturated heterocycles. The average Bonchev–Trinajstić information content (AvgIpc) is 3.07. The Labute approximate surface area is 258 Å². The minimum atomic E-state index is 0.384. The molecule has 5 rings (SSSR count). The molecule has 0 fully saturated rings. The van der Waals surface area contributed by atoms with Crippen molar-refractivity contribution >= 4 is 46.0 Å². The fourth-order valence-electron chi connectivity index (χ4n) is 4.30. The number of hydrogen-bond acceptors (Lipinski definition) is 6. The predicted molar refractivity (Wildman–Crippen MR) is 181 cm³/mol. The monoisotopic (exact) mass is 578 g/mol. The van der Waals surface area contributed by atoms with Crippen LogP contribution in [0.25, 0.3) is 10.8 Å². The molecule has 0 aliphatic heterocycles. The van der Waals surface area contributed by atoms with Gasteiger partial charge in [0.05, 0.1) is 29.4 Å². The summed E-state index contributed by atoms with van der Waals surface area (Å²) in [7, 11) is 0. The molecule has 0 spiro atoms. The molecule has 0 aliphatic carbocycles. The summed E-state index contributed by atoms with van der Waals surface area (Å²) in [5, 5.41) is 11.0. The van der Waals surface area contributed by atoms with Crippen LogP contribution in [0.2, 0.25) is 0 Å². The maximum absolute atomic E-state index is 5.76. The molecule has 5 aromatic rings. The summed E-state index contributed by atoms with van der Waals surface area (Å²) in [6.45, 7) is 5.07. The lowest BCUT2D eigenvalue weighted by molar-refractivity contribution is 0.309. The van der Waals surface area contributed by atoms with Gasteiger partial charge in [0.1, 0.15) is 18.1 Å². The van der Waals surface area contributed by atoms with Crippen molar-refractivity contribution < 1.29 is 9.47 Å². The van der Waals surface area contributed by atoms with Gasteiger partial charge in [0, 0.05) is 23.2 Å². The van der Waals surface area contributed by atoms with Gasteiger partial charge >= 0.3 is 0 Å². The highest BCUT2D eigenvalue weighted by Crippen LogP contribution is 2.34. The van der Waals surface area contributed by atoms with E-state index in [1.54, 1.807) is 6.92 Å². The van der Waals surface area contributed by atoms with E-state index in [1.165, 1.54) is 0 Å². The van der Waals surface area contributed by atoms with E-state index < -0.39 is 0 Å². The number of benzene rings is 5. The highest BCUT2D eigenvalue weighted by atomic mass is 16.5. The van der Waals surface area contributed by atoms with Crippen LogP contribution in [0.4, 0.5) is 22.7 Å². The molecule has 0 atom stereocenters. The molecule has 0 unspecified atom stereocenters. The van der Waals surface area contributed by atoms with Gasteiger partial charge in [0.25, 0.3) is 0 Å². The second-order valence-electron chi connectivity index (χ2n) is 9.94. The van der Waals surface area contributed by atoms with Crippen LogP contribution in [0.15, 0.2) is 129 Å². The molecule has 0 amide bonds. The number of azo groups is 1. The zero-order chi connectivity index (χ0) is 30.4. The Bertz CT molecular complexity index is 1810. The van der Waals surface area contributed by atoms with Crippen LogP contribution in [-0.2, 0) is 0 Å². The Balaban J connectivity index is 1.23. The summed E-state index contributed by atoms with van der Waals surface area (Å²) < 4.78 is 11.3. The van der Waals surface area contributed by atoms with Crippen molar-refractivity contribution in [1.82, 2.24) is 0 Å². The second kappa shape index (κ2) is 15.6. The summed E-state index contributed by atoms with van der Waals surface area (Å²) in [5.41, 5.74) is 5.22. The number of nitrogens with zero attached hydrogens (tertiary/aromatic N) is 4. The van der Waals surface area contributed by atoms with E-state index in [0.717, 1.165) is 75.6 Å². The van der Waals surface area contributed by atoms with Crippen LogP contribution in [-0.4, -0.2) is 25.6 Å². The number of hydrogen-bond donors (Lipinski definition) is 0. The lowest BCUT2D eigenvalue weighted by Crippen LogP contribution is -1.96. The van der Waals surface area contributed by atoms with Crippen molar-refractivity contribution in [1.29, 1.82) is 0 Å². The van der Waals surface area contributed by atoms with Crippen LogP contribution < -0.4 is 9.47 Å². The molecule has 44 heavy (non-hydrogen) atoms. The fraction of sp³-hybridized carbons (Fsp3) is 0.158. The van der Waals surface area contributed by atoms with Gasteiger partial charge in [-0.1, -0.05) is 43.5 Å². The summed E-state index contributed by atoms with van der Waals surface area (Å²) in [6, 6.07) is 35.4. The molecule has 0 radical (unpaired) electrons. The van der Waals surface area contributed by atoms with Gasteiger partial charge in [-0.25, -0.2) is 0 Å². The zero-order valence-electron chi connectivity index (χ0n) is 25.0. The largest absolute Gasteiger partial charge is 0.494 e. The van der Waals surface area contributed by atoms with E-state index in [1.807, 2.05) is 116 Å². The van der Waals surface area contributed by atoms with E-state index in [4.69, 9.17) is 14.5 Å². The van der Waals surface area contributed by atoms with E-state index in [-0.39, 0.29) is 0 Å². The molecular formula is C38H34N4O2. The average molecular weight is 579 g/mol. The smallest absolute Gasteiger partial charge is 0.149 e. The molecule has 0 saturated carbocycles. The Morgan fingerprint density at radius 3 is 1.86 bits per heavy atom. The maximum Gasteiger partial charge on any atom is 0.149 e. The number of unbranched alkanes of at least 4 members (excludes halogenated alkanes) is 1. The summed E-state index contributed by atoms with van der Waals surface area (Å²) >= 11 is 0. The first kappa shape index (κ1) is 29.9. The van der Waals surface area contributed by atoms with Crippen molar-refractivity contribution in [2.24, 2.45) is 20.2 Å². The van der Waals surface area contributed by atoms with Crippen molar-refractivity contribution in [3.63, 3.8) is 0 Å². The van der Waals surface area contributed by atoms with Gasteiger partial charge < -0.3 is 9.47 Å². The highest BCUT2D eigenvalue weighted by molar-refractivity contribution is 6.01. The Kier molecular flexibility index (Phi) is 10.6. The second-order valence-corrected chi connectivity index (χ2v) is 9.94. The molecular weight excluding hydrogens is 544 g/mol. The molecule has 0 bridgehead atoms. The molecule has 0 heterocycles. The lowest BCUT2D eigenvalue weighted by atomic mass is 10.1. The summed E-state index contributed by atoms with van der Waals surface area (Å²) in [6.07, 6.45) is 5.86. The minimum Gasteiger partial charge on any atom is -0.494 e. The third-order valence-corrected chi connectivity index (χ3v) is 6.73. The molecule has 6 nitrogen and oxygen atoms in total. The topological polar surface area (TPSA) is 67.9 Å². The first-order valence-electron chi connectivity index (χ1n) is 14.7. The number of ether oxygens (including phenoxy) is 2. The number of fused-ring (bicyclic) bond motifs is 1. The lowest BCUT2D eigenvalue weighted by Gasteiger charge is -2.06. The first-order chi connectivity index (χ1) is 21.7. The van der Waals surface area contributed by atoms with Crippen LogP contribution in [0.5, 0.6) is 11.5 Å². The van der Waals surface area contributed by atoms with Gasteiger partial charge in [-0.05, 0) is 109 Å². The van der Waals surface area contributed by atoms with Crippen LogP contribution >= 0.6 is 0 Å². The van der Waals surface area contributed by atoms with E-state index in [0.29, 0.717) is 6.61 Å². The fourth-order valence-corrected chi connectivity index (χ4v) is 4.30. The van der Waals surface area contributed by atoms with Gasteiger partial charge in [0.2, 0.25) is 0 Å². The quantitative estimate of drug-likeness (QED) is 0.0640. The predicted octanol–water partition coefficient (Wildman–Crippen LogP) is 10.3. The van der Waals surface area contributed by atoms with Crippen molar-refractivity contribution in [3.05, 3.63) is 120 Å². The summed E-state index contributed by atoms with van der Waals surface area (Å²) in [5.74, 6) is 7.36. The maximum atomic E-state index is 5.76. The highest BCUT2D eigenvalue weighted by Gasteiger charge is 2.05. The number of aliphatic imine (C=N–C) groups is 2. The van der Waals surface area contributed by atoms with Crippen molar-refractivity contribution in [2.45, 2.75) is 26.7 Å². The molecule has 0 N–H and O–H groups in total. The van der Waals surface area contributed by atoms with Crippen molar-refractivity contribution in [3.8, 4) is 23.3 Å². The third-order valence-electron chi connectivity index (χ3n) is 6.73. The van der Waals surface area contributed by atoms with Crippen LogP contribution in [0.3, 0.4) is 0 Å². The van der Waals surface area contributed by atoms with E-state index in [9.17, 15) is 0 Å². The van der Waals surface area contributed by atoms with E-state index >= 15 is 0 Å². The first-order valence-corrected chi connectivity index (χ1v) is 14.7. The minimum absolute atomic E-state index is 0.384. The third kappa shape index (κ3) is 8.50. The van der Waals surface area contributed by atoms with Gasteiger partial charge in [-0.3, -0.25) is 9.98 Å². The normalized spacial score (nSPS) is 11.3.